The Morgan fingerprint density at radius 1 is 1.25 bits per heavy atom. The normalized spacial score (nSPS) is 15.9. The molecule has 1 atom stereocenters. The lowest BCUT2D eigenvalue weighted by atomic mass is 10.1. The summed E-state index contributed by atoms with van der Waals surface area (Å²) >= 11 is 6.08. The van der Waals surface area contributed by atoms with E-state index in [9.17, 15) is 0 Å². The highest BCUT2D eigenvalue weighted by Gasteiger charge is 2.27. The van der Waals surface area contributed by atoms with Crippen LogP contribution >= 0.6 is 11.6 Å². The lowest BCUT2D eigenvalue weighted by molar-refractivity contribution is 0.759. The standard InChI is InChI=1S/C20H26ClN7/c1-13(23)28-18-8-3-14(17(12-22)26-25-2)11-19(18)27(10-9-20(28)24)16-6-4-15(21)5-7-16/h3-8,11,13,24-25H,9-10,12,22-23H2,1-2H3/b24-20?,26-17+. The van der Waals surface area contributed by atoms with E-state index in [-0.39, 0.29) is 6.17 Å². The Labute approximate surface area is 170 Å². The van der Waals surface area contributed by atoms with Gasteiger partial charge in [-0.3, -0.25) is 5.41 Å². The van der Waals surface area contributed by atoms with Crippen LogP contribution in [0.1, 0.15) is 18.9 Å². The molecule has 7 nitrogen and oxygen atoms in total. The van der Waals surface area contributed by atoms with E-state index in [0.717, 1.165) is 28.3 Å². The van der Waals surface area contributed by atoms with Crippen molar-refractivity contribution in [1.82, 2.24) is 5.43 Å². The number of halogens is 1. The summed E-state index contributed by atoms with van der Waals surface area (Å²) in [6.45, 7) is 2.85. The van der Waals surface area contributed by atoms with Gasteiger partial charge in [-0.2, -0.15) is 5.10 Å². The van der Waals surface area contributed by atoms with Crippen molar-refractivity contribution >= 4 is 40.2 Å². The van der Waals surface area contributed by atoms with E-state index in [1.165, 1.54) is 0 Å². The zero-order chi connectivity index (χ0) is 20.3. The Morgan fingerprint density at radius 2 is 1.96 bits per heavy atom. The fourth-order valence-electron chi connectivity index (χ4n) is 3.44. The van der Waals surface area contributed by atoms with Gasteiger partial charge in [-0.15, -0.1) is 0 Å². The van der Waals surface area contributed by atoms with Crippen LogP contribution in [-0.4, -0.2) is 37.9 Å². The summed E-state index contributed by atoms with van der Waals surface area (Å²) in [7, 11) is 1.75. The van der Waals surface area contributed by atoms with Gasteiger partial charge in [0.2, 0.25) is 0 Å². The highest BCUT2D eigenvalue weighted by Crippen LogP contribution is 2.39. The third-order valence-corrected chi connectivity index (χ3v) is 4.96. The van der Waals surface area contributed by atoms with Gasteiger partial charge < -0.3 is 26.7 Å². The number of anilines is 3. The van der Waals surface area contributed by atoms with Crippen molar-refractivity contribution in [3.8, 4) is 0 Å². The van der Waals surface area contributed by atoms with Crippen molar-refractivity contribution in [2.24, 2.45) is 16.6 Å². The molecular weight excluding hydrogens is 374 g/mol. The molecule has 28 heavy (non-hydrogen) atoms. The van der Waals surface area contributed by atoms with Crippen LogP contribution in [0.15, 0.2) is 47.6 Å². The minimum absolute atomic E-state index is 0.313. The van der Waals surface area contributed by atoms with E-state index in [1.807, 2.05) is 48.2 Å². The van der Waals surface area contributed by atoms with Gasteiger partial charge >= 0.3 is 0 Å². The van der Waals surface area contributed by atoms with Crippen LogP contribution in [-0.2, 0) is 0 Å². The molecule has 1 heterocycles. The Kier molecular flexibility index (Phi) is 6.18. The van der Waals surface area contributed by atoms with Gasteiger partial charge in [0.15, 0.2) is 0 Å². The van der Waals surface area contributed by atoms with E-state index in [4.69, 9.17) is 28.5 Å². The molecule has 3 rings (SSSR count). The zero-order valence-electron chi connectivity index (χ0n) is 16.1. The van der Waals surface area contributed by atoms with Crippen molar-refractivity contribution in [2.75, 3.05) is 29.9 Å². The third kappa shape index (κ3) is 3.96. The Bertz CT molecular complexity index is 877. The van der Waals surface area contributed by atoms with Crippen LogP contribution in [0.2, 0.25) is 5.02 Å². The van der Waals surface area contributed by atoms with Crippen LogP contribution in [0.5, 0.6) is 0 Å². The summed E-state index contributed by atoms with van der Waals surface area (Å²) in [6, 6.07) is 13.7. The van der Waals surface area contributed by atoms with Crippen molar-refractivity contribution in [3.05, 3.63) is 53.1 Å². The fourth-order valence-corrected chi connectivity index (χ4v) is 3.57. The monoisotopic (exact) mass is 399 g/mol. The number of hydrogen-bond acceptors (Lipinski definition) is 6. The second-order valence-electron chi connectivity index (χ2n) is 6.63. The number of rotatable bonds is 5. The van der Waals surface area contributed by atoms with Gasteiger partial charge in [-0.25, -0.2) is 0 Å². The number of nitrogens with zero attached hydrogens (tertiary/aromatic N) is 3. The molecule has 0 aliphatic carbocycles. The molecule has 0 spiro atoms. The van der Waals surface area contributed by atoms with Gasteiger partial charge in [-0.05, 0) is 43.3 Å². The first kappa shape index (κ1) is 20.1. The van der Waals surface area contributed by atoms with E-state index in [0.29, 0.717) is 30.4 Å². The third-order valence-electron chi connectivity index (χ3n) is 4.71. The predicted octanol–water partition coefficient (Wildman–Crippen LogP) is 2.85. The molecule has 148 valence electrons. The molecule has 2 aromatic carbocycles. The number of fused-ring (bicyclic) bond motifs is 1. The minimum Gasteiger partial charge on any atom is -0.339 e. The highest BCUT2D eigenvalue weighted by molar-refractivity contribution is 6.30. The summed E-state index contributed by atoms with van der Waals surface area (Å²) in [5.41, 5.74) is 19.4. The smallest absolute Gasteiger partial charge is 0.103 e. The number of hydrogen-bond donors (Lipinski definition) is 4. The number of nitrogens with one attached hydrogen (secondary N) is 2. The van der Waals surface area contributed by atoms with E-state index >= 15 is 0 Å². The predicted molar refractivity (Wildman–Crippen MR) is 118 cm³/mol. The second-order valence-corrected chi connectivity index (χ2v) is 7.06. The Balaban J connectivity index is 2.19. The molecule has 2 aromatic rings. The lowest BCUT2D eigenvalue weighted by Gasteiger charge is -2.30. The van der Waals surface area contributed by atoms with Crippen LogP contribution in [0, 0.1) is 5.41 Å². The molecule has 0 radical (unpaired) electrons. The van der Waals surface area contributed by atoms with Gasteiger partial charge in [0.05, 0.1) is 23.3 Å². The van der Waals surface area contributed by atoms with Gasteiger partial charge in [0, 0.05) is 42.8 Å². The van der Waals surface area contributed by atoms with Crippen LogP contribution in [0.3, 0.4) is 0 Å². The molecule has 1 unspecified atom stereocenters. The van der Waals surface area contributed by atoms with Gasteiger partial charge in [0.25, 0.3) is 0 Å². The van der Waals surface area contributed by atoms with E-state index in [2.05, 4.69) is 21.5 Å². The van der Waals surface area contributed by atoms with Crippen LogP contribution < -0.4 is 26.7 Å². The Morgan fingerprint density at radius 3 is 2.57 bits per heavy atom. The first-order chi connectivity index (χ1) is 13.5. The molecule has 0 saturated heterocycles. The van der Waals surface area contributed by atoms with Crippen molar-refractivity contribution < 1.29 is 0 Å². The number of hydrazone groups is 1. The zero-order valence-corrected chi connectivity index (χ0v) is 16.9. The summed E-state index contributed by atoms with van der Waals surface area (Å²) in [6.07, 6.45) is 0.255. The van der Waals surface area contributed by atoms with E-state index in [1.54, 1.807) is 7.05 Å². The summed E-state index contributed by atoms with van der Waals surface area (Å²) < 4.78 is 0. The highest BCUT2D eigenvalue weighted by atomic mass is 35.5. The molecule has 0 bridgehead atoms. The first-order valence-corrected chi connectivity index (χ1v) is 9.57. The molecule has 0 saturated carbocycles. The summed E-state index contributed by atoms with van der Waals surface area (Å²) in [5, 5.41) is 13.5. The molecule has 1 aliphatic rings. The SMILES string of the molecule is CN/N=C(\CN)c1ccc2c(c1)N(c1ccc(Cl)cc1)CCC(=N)N2C(C)N. The maximum Gasteiger partial charge on any atom is 0.103 e. The summed E-state index contributed by atoms with van der Waals surface area (Å²) in [5.74, 6) is 0.489. The molecule has 8 heteroatoms. The number of amidine groups is 1. The largest absolute Gasteiger partial charge is 0.339 e. The average molecular weight is 400 g/mol. The lowest BCUT2D eigenvalue weighted by Crippen LogP contribution is -2.43. The quantitative estimate of drug-likeness (QED) is 0.457. The summed E-state index contributed by atoms with van der Waals surface area (Å²) in [4.78, 5) is 4.05. The number of nitrogens with two attached hydrogens (primary N) is 2. The molecule has 0 fully saturated rings. The molecule has 0 aromatic heterocycles. The maximum atomic E-state index is 8.52. The first-order valence-electron chi connectivity index (χ1n) is 9.19. The maximum absolute atomic E-state index is 8.52. The van der Waals surface area contributed by atoms with Crippen LogP contribution in [0.4, 0.5) is 17.1 Å². The van der Waals surface area contributed by atoms with Crippen LogP contribution in [0.25, 0.3) is 0 Å². The van der Waals surface area contributed by atoms with Crippen molar-refractivity contribution in [3.63, 3.8) is 0 Å². The molecule has 1 aliphatic heterocycles. The van der Waals surface area contributed by atoms with E-state index < -0.39 is 0 Å². The molecule has 0 amide bonds. The fraction of sp³-hybridized carbons (Fsp3) is 0.300. The van der Waals surface area contributed by atoms with Gasteiger partial charge in [0.1, 0.15) is 5.84 Å². The Hall–Kier alpha value is -2.61. The van der Waals surface area contributed by atoms with Crippen molar-refractivity contribution in [2.45, 2.75) is 19.5 Å². The average Bonchev–Trinajstić information content (AvgIpc) is 2.82. The van der Waals surface area contributed by atoms with Gasteiger partial charge in [-0.1, -0.05) is 17.7 Å². The molecular formula is C20H26ClN7. The number of benzene rings is 2. The van der Waals surface area contributed by atoms with Crippen molar-refractivity contribution in [1.29, 1.82) is 5.41 Å². The second kappa shape index (κ2) is 8.60. The topological polar surface area (TPSA) is 107 Å². The minimum atomic E-state index is -0.317. The molecule has 6 N–H and O–H groups in total.